The molecule has 0 radical (unpaired) electrons. The first-order valence-electron chi connectivity index (χ1n) is 9.33. The number of halogens is 2. The minimum absolute atomic E-state index is 0.121. The van der Waals surface area contributed by atoms with Crippen molar-refractivity contribution in [2.75, 3.05) is 13.2 Å². The van der Waals surface area contributed by atoms with E-state index >= 15 is 0 Å². The van der Waals surface area contributed by atoms with Crippen LogP contribution in [0.2, 0.25) is 10.0 Å². The first-order valence-corrected chi connectivity index (χ1v) is 10.1. The van der Waals surface area contributed by atoms with Crippen LogP contribution in [-0.4, -0.2) is 19.2 Å². The van der Waals surface area contributed by atoms with Crippen molar-refractivity contribution >= 4 is 29.2 Å². The normalized spacial score (nSPS) is 10.8. The molecule has 8 heteroatoms. The summed E-state index contributed by atoms with van der Waals surface area (Å²) in [6.07, 6.45) is 2.69. The van der Waals surface area contributed by atoms with Crippen LogP contribution in [0.4, 0.5) is 0 Å². The first kappa shape index (κ1) is 23.1. The summed E-state index contributed by atoms with van der Waals surface area (Å²) in [5.74, 6) is 0.967. The van der Waals surface area contributed by atoms with Gasteiger partial charge in [0.05, 0.1) is 18.2 Å². The van der Waals surface area contributed by atoms with E-state index in [0.29, 0.717) is 41.3 Å². The van der Waals surface area contributed by atoms with Crippen LogP contribution in [0.15, 0.2) is 39.7 Å². The molecule has 0 saturated carbocycles. The van der Waals surface area contributed by atoms with Crippen LogP contribution in [0.3, 0.4) is 0 Å². The maximum absolute atomic E-state index is 12.0. The fourth-order valence-corrected chi connectivity index (χ4v) is 2.70. The first-order chi connectivity index (χ1) is 13.8. The van der Waals surface area contributed by atoms with E-state index in [9.17, 15) is 9.59 Å². The van der Waals surface area contributed by atoms with Gasteiger partial charge in [-0.1, -0.05) is 37.0 Å². The number of hydrogen-bond donors (Lipinski definition) is 0. The van der Waals surface area contributed by atoms with Gasteiger partial charge in [0.25, 0.3) is 0 Å². The second-order valence-corrected chi connectivity index (χ2v) is 7.64. The molecule has 0 saturated heterocycles. The standard InChI is InChI=1S/C21H24Cl2O6/c1-14(2)7-9-27-20-13-28-16(11-18(20)24)12-29-21(25)4-3-8-26-19-6-5-15(22)10-17(19)23/h5-6,10-11,13-14H,3-4,7-9,12H2,1-2H3. The molecular weight excluding hydrogens is 419 g/mol. The molecule has 0 amide bonds. The Morgan fingerprint density at radius 3 is 2.55 bits per heavy atom. The largest absolute Gasteiger partial charge is 0.492 e. The Kier molecular flexibility index (Phi) is 9.35. The van der Waals surface area contributed by atoms with E-state index in [-0.39, 0.29) is 30.0 Å². The Morgan fingerprint density at radius 2 is 1.86 bits per heavy atom. The molecule has 1 heterocycles. The summed E-state index contributed by atoms with van der Waals surface area (Å²) in [5.41, 5.74) is -0.306. The quantitative estimate of drug-likeness (QED) is 0.348. The van der Waals surface area contributed by atoms with Gasteiger partial charge in [0.1, 0.15) is 24.4 Å². The number of esters is 1. The lowest BCUT2D eigenvalue weighted by Crippen LogP contribution is -2.12. The second-order valence-electron chi connectivity index (χ2n) is 6.79. The van der Waals surface area contributed by atoms with Crippen molar-refractivity contribution in [2.45, 2.75) is 39.7 Å². The Morgan fingerprint density at radius 1 is 1.10 bits per heavy atom. The highest BCUT2D eigenvalue weighted by Gasteiger charge is 2.09. The SMILES string of the molecule is CC(C)CCOc1coc(COC(=O)CCCOc2ccc(Cl)cc2Cl)cc1=O. The zero-order valence-electron chi connectivity index (χ0n) is 16.4. The summed E-state index contributed by atoms with van der Waals surface area (Å²) in [6.45, 7) is 4.77. The zero-order chi connectivity index (χ0) is 21.2. The van der Waals surface area contributed by atoms with E-state index in [2.05, 4.69) is 13.8 Å². The summed E-state index contributed by atoms with van der Waals surface area (Å²) in [6, 6.07) is 6.19. The molecule has 0 aliphatic heterocycles. The van der Waals surface area contributed by atoms with Crippen LogP contribution in [0.1, 0.15) is 38.9 Å². The molecule has 1 aromatic carbocycles. The van der Waals surface area contributed by atoms with Crippen LogP contribution in [0.5, 0.6) is 11.5 Å². The minimum Gasteiger partial charge on any atom is -0.492 e. The van der Waals surface area contributed by atoms with Gasteiger partial charge in [-0.2, -0.15) is 0 Å². The van der Waals surface area contributed by atoms with Crippen LogP contribution >= 0.6 is 23.2 Å². The van der Waals surface area contributed by atoms with Gasteiger partial charge in [0, 0.05) is 17.5 Å². The summed E-state index contributed by atoms with van der Waals surface area (Å²) in [5, 5.41) is 0.930. The Labute approximate surface area is 179 Å². The van der Waals surface area contributed by atoms with Gasteiger partial charge in [0.2, 0.25) is 11.2 Å². The smallest absolute Gasteiger partial charge is 0.306 e. The summed E-state index contributed by atoms with van der Waals surface area (Å²) < 4.78 is 21.3. The molecule has 0 N–H and O–H groups in total. The van der Waals surface area contributed by atoms with Crippen LogP contribution in [-0.2, 0) is 16.1 Å². The van der Waals surface area contributed by atoms with Gasteiger partial charge in [0.15, 0.2) is 0 Å². The van der Waals surface area contributed by atoms with Crippen LogP contribution in [0, 0.1) is 5.92 Å². The maximum Gasteiger partial charge on any atom is 0.306 e. The summed E-state index contributed by atoms with van der Waals surface area (Å²) in [7, 11) is 0. The number of rotatable bonds is 11. The van der Waals surface area contributed by atoms with E-state index in [4.69, 9.17) is 41.8 Å². The van der Waals surface area contributed by atoms with Crippen molar-refractivity contribution in [1.82, 2.24) is 0 Å². The van der Waals surface area contributed by atoms with Crippen molar-refractivity contribution < 1.29 is 23.4 Å². The van der Waals surface area contributed by atoms with E-state index < -0.39 is 5.97 Å². The second kappa shape index (κ2) is 11.7. The molecule has 0 bridgehead atoms. The fraction of sp³-hybridized carbons (Fsp3) is 0.429. The zero-order valence-corrected chi connectivity index (χ0v) is 17.9. The van der Waals surface area contributed by atoms with Crippen molar-refractivity contribution in [1.29, 1.82) is 0 Å². The maximum atomic E-state index is 12.0. The van der Waals surface area contributed by atoms with Crippen molar-refractivity contribution in [3.05, 3.63) is 56.6 Å². The van der Waals surface area contributed by atoms with Gasteiger partial charge in [-0.15, -0.1) is 0 Å². The lowest BCUT2D eigenvalue weighted by atomic mass is 10.1. The van der Waals surface area contributed by atoms with Crippen molar-refractivity contribution in [3.8, 4) is 11.5 Å². The number of carbonyl (C=O) groups excluding carboxylic acids is 1. The van der Waals surface area contributed by atoms with E-state index in [1.54, 1.807) is 18.2 Å². The fourth-order valence-electron chi connectivity index (χ4n) is 2.24. The summed E-state index contributed by atoms with van der Waals surface area (Å²) >= 11 is 11.8. The molecule has 0 fully saturated rings. The van der Waals surface area contributed by atoms with Crippen molar-refractivity contribution in [3.63, 3.8) is 0 Å². The molecule has 0 aliphatic carbocycles. The lowest BCUT2D eigenvalue weighted by Gasteiger charge is -2.09. The van der Waals surface area contributed by atoms with Crippen LogP contribution in [0.25, 0.3) is 0 Å². The van der Waals surface area contributed by atoms with Gasteiger partial charge >= 0.3 is 5.97 Å². The Hall–Kier alpha value is -2.18. The van der Waals surface area contributed by atoms with Crippen molar-refractivity contribution in [2.24, 2.45) is 5.92 Å². The highest BCUT2D eigenvalue weighted by atomic mass is 35.5. The molecule has 0 unspecified atom stereocenters. The number of ether oxygens (including phenoxy) is 3. The minimum atomic E-state index is -0.421. The molecule has 2 rings (SSSR count). The molecule has 6 nitrogen and oxygen atoms in total. The predicted molar refractivity (Wildman–Crippen MR) is 111 cm³/mol. The molecule has 0 spiro atoms. The molecule has 1 aromatic heterocycles. The van der Waals surface area contributed by atoms with Gasteiger partial charge < -0.3 is 18.6 Å². The Bertz CT molecular complexity index is 862. The highest BCUT2D eigenvalue weighted by Crippen LogP contribution is 2.27. The third-order valence-electron chi connectivity index (χ3n) is 3.86. The lowest BCUT2D eigenvalue weighted by molar-refractivity contribution is -0.145. The topological polar surface area (TPSA) is 75.0 Å². The average molecular weight is 443 g/mol. The third-order valence-corrected chi connectivity index (χ3v) is 4.39. The average Bonchev–Trinajstić information content (AvgIpc) is 2.66. The molecule has 158 valence electrons. The molecule has 0 aliphatic rings. The third kappa shape index (κ3) is 8.38. The number of hydrogen-bond acceptors (Lipinski definition) is 6. The van der Waals surface area contributed by atoms with Gasteiger partial charge in [-0.05, 0) is 37.0 Å². The molecule has 29 heavy (non-hydrogen) atoms. The Balaban J connectivity index is 1.69. The van der Waals surface area contributed by atoms with Crippen LogP contribution < -0.4 is 14.9 Å². The van der Waals surface area contributed by atoms with Gasteiger partial charge in [-0.25, -0.2) is 0 Å². The molecule has 2 aromatic rings. The monoisotopic (exact) mass is 442 g/mol. The molecule has 0 atom stereocenters. The highest BCUT2D eigenvalue weighted by molar-refractivity contribution is 6.35. The molecular formula is C21H24Cl2O6. The van der Waals surface area contributed by atoms with E-state index in [0.717, 1.165) is 6.42 Å². The number of carbonyl (C=O) groups is 1. The van der Waals surface area contributed by atoms with E-state index in [1.165, 1.54) is 12.3 Å². The number of benzene rings is 1. The summed E-state index contributed by atoms with van der Waals surface area (Å²) in [4.78, 5) is 23.8. The van der Waals surface area contributed by atoms with E-state index in [1.807, 2.05) is 0 Å². The van der Waals surface area contributed by atoms with Gasteiger partial charge in [-0.3, -0.25) is 9.59 Å². The predicted octanol–water partition coefficient (Wildman–Crippen LogP) is 5.27.